The zero-order valence-corrected chi connectivity index (χ0v) is 11.6. The van der Waals surface area contributed by atoms with Crippen molar-refractivity contribution in [1.29, 1.82) is 5.26 Å². The van der Waals surface area contributed by atoms with E-state index in [0.29, 0.717) is 17.7 Å². The van der Waals surface area contributed by atoms with Crippen LogP contribution in [0.4, 0.5) is 4.39 Å². The van der Waals surface area contributed by atoms with E-state index in [1.807, 2.05) is 0 Å². The lowest BCUT2D eigenvalue weighted by molar-refractivity contribution is -0.145. The number of carboxylic acid groups (broad SMARTS) is 1. The van der Waals surface area contributed by atoms with Crippen LogP contribution in [-0.2, 0) is 16.1 Å². The zero-order valence-electron chi connectivity index (χ0n) is 11.6. The van der Waals surface area contributed by atoms with Gasteiger partial charge in [-0.2, -0.15) is 5.26 Å². The third kappa shape index (κ3) is 4.52. The minimum atomic E-state index is -0.962. The van der Waals surface area contributed by atoms with Gasteiger partial charge in [0.15, 0.2) is 0 Å². The van der Waals surface area contributed by atoms with Crippen LogP contribution in [0.3, 0.4) is 0 Å². The van der Waals surface area contributed by atoms with E-state index < -0.39 is 5.97 Å². The molecule has 5 nitrogen and oxygen atoms in total. The molecule has 0 aromatic heterocycles. The molecule has 1 aliphatic rings. The highest BCUT2D eigenvalue weighted by molar-refractivity contribution is 5.68. The van der Waals surface area contributed by atoms with Crippen LogP contribution in [0.15, 0.2) is 18.2 Å². The molecule has 0 unspecified atom stereocenters. The number of hydrogen-bond donors (Lipinski definition) is 1. The molecule has 1 aliphatic heterocycles. The summed E-state index contributed by atoms with van der Waals surface area (Å²) in [4.78, 5) is 12.6. The second-order valence-electron chi connectivity index (χ2n) is 5.09. The maximum absolute atomic E-state index is 13.3. The number of aliphatic carboxylic acids is 1. The molecule has 1 aromatic rings. The SMILES string of the molecule is N#Cc1ccc(F)cc1CN1CCC(OCC(=O)O)CC1. The van der Waals surface area contributed by atoms with Crippen molar-refractivity contribution < 1.29 is 19.0 Å². The van der Waals surface area contributed by atoms with Crippen molar-refractivity contribution >= 4 is 5.97 Å². The second kappa shape index (κ2) is 7.16. The monoisotopic (exact) mass is 292 g/mol. The Morgan fingerprint density at radius 3 is 2.81 bits per heavy atom. The highest BCUT2D eigenvalue weighted by atomic mass is 19.1. The number of carboxylic acids is 1. The Balaban J connectivity index is 1.88. The van der Waals surface area contributed by atoms with Crippen molar-refractivity contribution in [3.05, 3.63) is 35.1 Å². The number of hydrogen-bond acceptors (Lipinski definition) is 4. The van der Waals surface area contributed by atoms with Crippen molar-refractivity contribution in [2.24, 2.45) is 0 Å². The number of nitriles is 1. The van der Waals surface area contributed by atoms with Crippen molar-refractivity contribution in [3.63, 3.8) is 0 Å². The fraction of sp³-hybridized carbons (Fsp3) is 0.467. The summed E-state index contributed by atoms with van der Waals surface area (Å²) in [5, 5.41) is 17.6. The molecule has 1 heterocycles. The lowest BCUT2D eigenvalue weighted by atomic mass is 10.0. The van der Waals surface area contributed by atoms with Crippen LogP contribution >= 0.6 is 0 Å². The molecule has 1 saturated heterocycles. The third-order valence-corrected chi connectivity index (χ3v) is 3.56. The normalized spacial score (nSPS) is 16.6. The summed E-state index contributed by atoms with van der Waals surface area (Å²) >= 11 is 0. The van der Waals surface area contributed by atoms with Gasteiger partial charge >= 0.3 is 5.97 Å². The van der Waals surface area contributed by atoms with Gasteiger partial charge in [0, 0.05) is 19.6 Å². The molecule has 0 aliphatic carbocycles. The summed E-state index contributed by atoms with van der Waals surface area (Å²) in [6, 6.07) is 6.24. The van der Waals surface area contributed by atoms with Crippen LogP contribution in [0, 0.1) is 17.1 Å². The molecule has 0 atom stereocenters. The summed E-state index contributed by atoms with van der Waals surface area (Å²) in [6.45, 7) is 1.73. The molecule has 2 rings (SSSR count). The average molecular weight is 292 g/mol. The molecule has 112 valence electrons. The van der Waals surface area contributed by atoms with Gasteiger partial charge in [0.1, 0.15) is 12.4 Å². The molecule has 0 saturated carbocycles. The van der Waals surface area contributed by atoms with Crippen molar-refractivity contribution in [1.82, 2.24) is 4.90 Å². The largest absolute Gasteiger partial charge is 0.480 e. The van der Waals surface area contributed by atoms with Crippen molar-refractivity contribution in [3.8, 4) is 6.07 Å². The molecule has 1 N–H and O–H groups in total. The number of carbonyl (C=O) groups is 1. The van der Waals surface area contributed by atoms with E-state index in [1.54, 1.807) is 0 Å². The molecule has 1 fully saturated rings. The number of rotatable bonds is 5. The lowest BCUT2D eigenvalue weighted by Crippen LogP contribution is -2.37. The van der Waals surface area contributed by atoms with Crippen molar-refractivity contribution in [2.45, 2.75) is 25.5 Å². The highest BCUT2D eigenvalue weighted by Crippen LogP contribution is 2.18. The number of likely N-dealkylation sites (tertiary alicyclic amines) is 1. The maximum Gasteiger partial charge on any atom is 0.329 e. The Bertz CT molecular complexity index is 548. The van der Waals surface area contributed by atoms with E-state index in [1.165, 1.54) is 18.2 Å². The van der Waals surface area contributed by atoms with Crippen LogP contribution in [0.5, 0.6) is 0 Å². The van der Waals surface area contributed by atoms with Gasteiger partial charge in [-0.05, 0) is 36.6 Å². The fourth-order valence-corrected chi connectivity index (χ4v) is 2.47. The van der Waals surface area contributed by atoms with Gasteiger partial charge in [0.25, 0.3) is 0 Å². The molecular weight excluding hydrogens is 275 g/mol. The first kappa shape index (κ1) is 15.4. The lowest BCUT2D eigenvalue weighted by Gasteiger charge is -2.31. The fourth-order valence-electron chi connectivity index (χ4n) is 2.47. The van der Waals surface area contributed by atoms with E-state index in [2.05, 4.69) is 11.0 Å². The van der Waals surface area contributed by atoms with Gasteiger partial charge in [-0.3, -0.25) is 4.90 Å². The first-order valence-corrected chi connectivity index (χ1v) is 6.83. The minimum Gasteiger partial charge on any atom is -0.480 e. The Labute approximate surface area is 122 Å². The molecule has 6 heteroatoms. The van der Waals surface area contributed by atoms with Crippen molar-refractivity contribution in [2.75, 3.05) is 19.7 Å². The predicted molar refractivity (Wildman–Crippen MR) is 73.0 cm³/mol. The van der Waals surface area contributed by atoms with Crippen LogP contribution in [0.1, 0.15) is 24.0 Å². The van der Waals surface area contributed by atoms with Crippen LogP contribution in [0.2, 0.25) is 0 Å². The quantitative estimate of drug-likeness (QED) is 0.895. The second-order valence-corrected chi connectivity index (χ2v) is 5.09. The minimum absolute atomic E-state index is 0.0414. The molecule has 0 radical (unpaired) electrons. The Hall–Kier alpha value is -1.97. The number of benzene rings is 1. The number of piperidine rings is 1. The smallest absolute Gasteiger partial charge is 0.329 e. The van der Waals surface area contributed by atoms with Crippen LogP contribution in [-0.4, -0.2) is 41.8 Å². The van der Waals surface area contributed by atoms with Gasteiger partial charge < -0.3 is 9.84 Å². The molecule has 1 aromatic carbocycles. The highest BCUT2D eigenvalue weighted by Gasteiger charge is 2.21. The van der Waals surface area contributed by atoms with Gasteiger partial charge in [-0.15, -0.1) is 0 Å². The van der Waals surface area contributed by atoms with E-state index in [0.717, 1.165) is 25.9 Å². The van der Waals surface area contributed by atoms with Gasteiger partial charge in [0.2, 0.25) is 0 Å². The van der Waals surface area contributed by atoms with Crippen LogP contribution < -0.4 is 0 Å². The number of halogens is 1. The van der Waals surface area contributed by atoms with Gasteiger partial charge in [-0.1, -0.05) is 0 Å². The maximum atomic E-state index is 13.3. The Morgan fingerprint density at radius 2 is 2.19 bits per heavy atom. The zero-order chi connectivity index (χ0) is 15.2. The Kier molecular flexibility index (Phi) is 5.26. The molecule has 21 heavy (non-hydrogen) atoms. The summed E-state index contributed by atoms with van der Waals surface area (Å²) in [5.41, 5.74) is 1.17. The van der Waals surface area contributed by atoms with E-state index >= 15 is 0 Å². The topological polar surface area (TPSA) is 73.6 Å². The molecule has 0 bridgehead atoms. The number of nitrogens with zero attached hydrogens (tertiary/aromatic N) is 2. The summed E-state index contributed by atoms with van der Waals surface area (Å²) in [7, 11) is 0. The third-order valence-electron chi connectivity index (χ3n) is 3.56. The molecule has 0 spiro atoms. The predicted octanol–water partition coefficient (Wildman–Crippen LogP) is 1.76. The van der Waals surface area contributed by atoms with E-state index in [-0.39, 0.29) is 18.5 Å². The standard InChI is InChI=1S/C15H17FN2O3/c16-13-2-1-11(8-17)12(7-13)9-18-5-3-14(4-6-18)21-10-15(19)20/h1-2,7,14H,3-6,9-10H2,(H,19,20). The van der Waals surface area contributed by atoms with E-state index in [4.69, 9.17) is 15.1 Å². The first-order chi connectivity index (χ1) is 10.1. The summed E-state index contributed by atoms with van der Waals surface area (Å²) < 4.78 is 18.5. The van der Waals surface area contributed by atoms with Gasteiger partial charge in [0.05, 0.1) is 17.7 Å². The first-order valence-electron chi connectivity index (χ1n) is 6.83. The summed E-state index contributed by atoms with van der Waals surface area (Å²) in [5.74, 6) is -1.31. The number of ether oxygens (including phenoxy) is 1. The van der Waals surface area contributed by atoms with E-state index in [9.17, 15) is 9.18 Å². The molecular formula is C15H17FN2O3. The average Bonchev–Trinajstić information content (AvgIpc) is 2.47. The Morgan fingerprint density at radius 1 is 1.48 bits per heavy atom. The molecule has 0 amide bonds. The van der Waals surface area contributed by atoms with Crippen LogP contribution in [0.25, 0.3) is 0 Å². The summed E-state index contributed by atoms with van der Waals surface area (Å²) in [6.07, 6.45) is 1.44. The van der Waals surface area contributed by atoms with Gasteiger partial charge in [-0.25, -0.2) is 9.18 Å².